The number of ether oxygens (including phenoxy) is 2. The first kappa shape index (κ1) is 13.7. The van der Waals surface area contributed by atoms with Gasteiger partial charge in [0, 0.05) is 26.5 Å². The molecule has 1 saturated heterocycles. The molecule has 2 rings (SSSR count). The molecule has 1 aromatic rings. The maximum atomic E-state index is 8.99. The second-order valence-electron chi connectivity index (χ2n) is 4.66. The Balaban J connectivity index is 2.28. The van der Waals surface area contributed by atoms with E-state index in [1.54, 1.807) is 20.3 Å². The van der Waals surface area contributed by atoms with E-state index in [4.69, 9.17) is 14.7 Å². The zero-order valence-electron chi connectivity index (χ0n) is 11.5. The highest BCUT2D eigenvalue weighted by Gasteiger charge is 2.34. The molecule has 1 aliphatic rings. The Morgan fingerprint density at radius 3 is 2.89 bits per heavy atom. The molecule has 0 amide bonds. The van der Waals surface area contributed by atoms with Gasteiger partial charge in [-0.15, -0.1) is 0 Å². The quantitative estimate of drug-likeness (QED) is 0.802. The number of nitriles is 1. The van der Waals surface area contributed by atoms with Crippen molar-refractivity contribution >= 4 is 5.95 Å². The monoisotopic (exact) mass is 262 g/mol. The summed E-state index contributed by atoms with van der Waals surface area (Å²) in [5.41, 5.74) is 1.18. The second-order valence-corrected chi connectivity index (χ2v) is 4.66. The van der Waals surface area contributed by atoms with Crippen molar-refractivity contribution in [3.8, 4) is 6.07 Å². The van der Waals surface area contributed by atoms with Crippen LogP contribution in [0.5, 0.6) is 0 Å². The fourth-order valence-electron chi connectivity index (χ4n) is 2.38. The lowest BCUT2D eigenvalue weighted by atomic mass is 10.2. The van der Waals surface area contributed by atoms with Crippen molar-refractivity contribution in [2.75, 3.05) is 32.3 Å². The SMILES string of the molecule is COC[C@@H]1C[C@H](OC)CN1c1nc(C)cc(C#N)n1. The number of aromatic nitrogens is 2. The van der Waals surface area contributed by atoms with Crippen LogP contribution in [0.2, 0.25) is 0 Å². The van der Waals surface area contributed by atoms with Crippen LogP contribution in [0, 0.1) is 18.3 Å². The van der Waals surface area contributed by atoms with Crippen molar-refractivity contribution in [1.29, 1.82) is 5.26 Å². The Labute approximate surface area is 113 Å². The number of nitrogens with zero attached hydrogens (tertiary/aromatic N) is 4. The third kappa shape index (κ3) is 3.00. The lowest BCUT2D eigenvalue weighted by molar-refractivity contribution is 0.111. The molecule has 1 aromatic heterocycles. The fourth-order valence-corrected chi connectivity index (χ4v) is 2.38. The minimum atomic E-state index is 0.148. The maximum Gasteiger partial charge on any atom is 0.227 e. The molecule has 2 atom stereocenters. The zero-order valence-corrected chi connectivity index (χ0v) is 11.5. The number of methoxy groups -OCH3 is 2. The van der Waals surface area contributed by atoms with Gasteiger partial charge in [0.15, 0.2) is 0 Å². The van der Waals surface area contributed by atoms with E-state index in [0.29, 0.717) is 18.2 Å². The second kappa shape index (κ2) is 5.95. The van der Waals surface area contributed by atoms with Gasteiger partial charge in [0.2, 0.25) is 5.95 Å². The van der Waals surface area contributed by atoms with Crippen LogP contribution < -0.4 is 4.90 Å². The largest absolute Gasteiger partial charge is 0.383 e. The minimum absolute atomic E-state index is 0.148. The van der Waals surface area contributed by atoms with Gasteiger partial charge >= 0.3 is 0 Å². The third-order valence-electron chi connectivity index (χ3n) is 3.28. The standard InChI is InChI=1S/C13H18N4O2/c1-9-4-10(6-14)16-13(15-9)17-7-12(19-3)5-11(17)8-18-2/h4,11-12H,5,7-8H2,1-3H3/t11-,12-/m0/s1. The third-order valence-corrected chi connectivity index (χ3v) is 3.28. The van der Waals surface area contributed by atoms with Crippen molar-refractivity contribution in [2.45, 2.75) is 25.5 Å². The molecule has 6 nitrogen and oxygen atoms in total. The van der Waals surface area contributed by atoms with Gasteiger partial charge in [0.1, 0.15) is 11.8 Å². The van der Waals surface area contributed by atoms with Gasteiger partial charge in [-0.3, -0.25) is 0 Å². The Morgan fingerprint density at radius 2 is 2.26 bits per heavy atom. The summed E-state index contributed by atoms with van der Waals surface area (Å²) in [5, 5.41) is 8.99. The highest BCUT2D eigenvalue weighted by molar-refractivity contribution is 5.39. The predicted molar refractivity (Wildman–Crippen MR) is 69.9 cm³/mol. The zero-order chi connectivity index (χ0) is 13.8. The highest BCUT2D eigenvalue weighted by atomic mass is 16.5. The van der Waals surface area contributed by atoms with Gasteiger partial charge in [0.25, 0.3) is 0 Å². The van der Waals surface area contributed by atoms with Crippen molar-refractivity contribution < 1.29 is 9.47 Å². The summed E-state index contributed by atoms with van der Waals surface area (Å²) in [4.78, 5) is 10.8. The first-order valence-electron chi connectivity index (χ1n) is 6.22. The summed E-state index contributed by atoms with van der Waals surface area (Å²) < 4.78 is 10.6. The molecule has 102 valence electrons. The van der Waals surface area contributed by atoms with Crippen LogP contribution in [0.25, 0.3) is 0 Å². The van der Waals surface area contributed by atoms with Crippen LogP contribution in [-0.2, 0) is 9.47 Å². The van der Waals surface area contributed by atoms with E-state index in [9.17, 15) is 0 Å². The Morgan fingerprint density at radius 1 is 1.47 bits per heavy atom. The van der Waals surface area contributed by atoms with Gasteiger partial charge in [-0.25, -0.2) is 9.97 Å². The predicted octanol–water partition coefficient (Wildman–Crippen LogP) is 0.897. The smallest absolute Gasteiger partial charge is 0.227 e. The van der Waals surface area contributed by atoms with Crippen LogP contribution in [0.3, 0.4) is 0 Å². The summed E-state index contributed by atoms with van der Waals surface area (Å²) in [7, 11) is 3.38. The lowest BCUT2D eigenvalue weighted by Gasteiger charge is -2.23. The van der Waals surface area contributed by atoms with Gasteiger partial charge in [-0.05, 0) is 19.4 Å². The number of rotatable bonds is 4. The molecule has 0 radical (unpaired) electrons. The maximum absolute atomic E-state index is 8.99. The summed E-state index contributed by atoms with van der Waals surface area (Å²) >= 11 is 0. The molecule has 0 saturated carbocycles. The van der Waals surface area contributed by atoms with E-state index < -0.39 is 0 Å². The van der Waals surface area contributed by atoms with E-state index in [2.05, 4.69) is 20.9 Å². The number of hydrogen-bond donors (Lipinski definition) is 0. The Hall–Kier alpha value is -1.71. The Kier molecular flexibility index (Phi) is 4.30. The summed E-state index contributed by atoms with van der Waals surface area (Å²) in [5.74, 6) is 0.582. The summed E-state index contributed by atoms with van der Waals surface area (Å²) in [6.07, 6.45) is 1.03. The van der Waals surface area contributed by atoms with Gasteiger partial charge in [-0.1, -0.05) is 0 Å². The first-order chi connectivity index (χ1) is 9.17. The van der Waals surface area contributed by atoms with E-state index in [-0.39, 0.29) is 12.1 Å². The van der Waals surface area contributed by atoms with Crippen molar-refractivity contribution in [1.82, 2.24) is 9.97 Å². The molecular formula is C13H18N4O2. The molecule has 0 unspecified atom stereocenters. The van der Waals surface area contributed by atoms with Gasteiger partial charge in [0.05, 0.1) is 18.8 Å². The van der Waals surface area contributed by atoms with Crippen LogP contribution in [-0.4, -0.2) is 49.5 Å². The molecule has 0 spiro atoms. The summed E-state index contributed by atoms with van der Waals surface area (Å²) in [6, 6.07) is 3.93. The van der Waals surface area contributed by atoms with Crippen LogP contribution in [0.15, 0.2) is 6.07 Å². The Bertz CT molecular complexity index is 486. The topological polar surface area (TPSA) is 71.3 Å². The fraction of sp³-hybridized carbons (Fsp3) is 0.615. The molecule has 0 bridgehead atoms. The number of hydrogen-bond acceptors (Lipinski definition) is 6. The molecule has 0 aliphatic carbocycles. The molecule has 0 N–H and O–H groups in total. The average molecular weight is 262 g/mol. The molecule has 6 heteroatoms. The molecule has 2 heterocycles. The van der Waals surface area contributed by atoms with Crippen molar-refractivity contribution in [3.63, 3.8) is 0 Å². The van der Waals surface area contributed by atoms with Gasteiger partial charge in [-0.2, -0.15) is 5.26 Å². The minimum Gasteiger partial charge on any atom is -0.383 e. The molecule has 19 heavy (non-hydrogen) atoms. The van der Waals surface area contributed by atoms with Gasteiger partial charge < -0.3 is 14.4 Å². The molecular weight excluding hydrogens is 244 g/mol. The van der Waals surface area contributed by atoms with Crippen LogP contribution >= 0.6 is 0 Å². The van der Waals surface area contributed by atoms with Crippen molar-refractivity contribution in [2.24, 2.45) is 0 Å². The summed E-state index contributed by atoms with van der Waals surface area (Å²) in [6.45, 7) is 3.18. The first-order valence-corrected chi connectivity index (χ1v) is 6.22. The highest BCUT2D eigenvalue weighted by Crippen LogP contribution is 2.25. The normalized spacial score (nSPS) is 22.5. The number of aryl methyl sites for hydroxylation is 1. The van der Waals surface area contributed by atoms with E-state index in [1.807, 2.05) is 6.92 Å². The van der Waals surface area contributed by atoms with E-state index in [0.717, 1.165) is 18.7 Å². The van der Waals surface area contributed by atoms with Crippen LogP contribution in [0.1, 0.15) is 17.8 Å². The lowest BCUT2D eigenvalue weighted by Crippen LogP contribution is -2.34. The van der Waals surface area contributed by atoms with Crippen LogP contribution in [0.4, 0.5) is 5.95 Å². The molecule has 0 aromatic carbocycles. The molecule has 1 aliphatic heterocycles. The van der Waals surface area contributed by atoms with Crippen molar-refractivity contribution in [3.05, 3.63) is 17.5 Å². The van der Waals surface area contributed by atoms with E-state index >= 15 is 0 Å². The van der Waals surface area contributed by atoms with E-state index in [1.165, 1.54) is 0 Å². The number of anilines is 1. The average Bonchev–Trinajstić information content (AvgIpc) is 2.81. The molecule has 1 fully saturated rings.